The first kappa shape index (κ1) is 12.4. The van der Waals surface area contributed by atoms with Crippen molar-refractivity contribution in [1.82, 2.24) is 10.8 Å². The number of carbonyl (C=O) groups excluding carboxylic acids is 3. The molecular formula is C7H13N3O4. The summed E-state index contributed by atoms with van der Waals surface area (Å²) < 4.78 is 0. The van der Waals surface area contributed by atoms with Crippen LogP contribution in [0.3, 0.4) is 0 Å². The van der Waals surface area contributed by atoms with Gasteiger partial charge >= 0.3 is 0 Å². The highest BCUT2D eigenvalue weighted by atomic mass is 16.7. The molecular weight excluding hydrogens is 190 g/mol. The Morgan fingerprint density at radius 2 is 2.00 bits per heavy atom. The Bertz CT molecular complexity index is 207. The standard InChI is InChI=1S/C7H13N3O4/c1-5(11)9-3-2-7(13)10-14-4-6(8)12/h2-4H2,1H3,(H2,8,12)(H,9,11)(H,10,13). The summed E-state index contributed by atoms with van der Waals surface area (Å²) in [5.74, 6) is -1.32. The van der Waals surface area contributed by atoms with Crippen molar-refractivity contribution in [1.29, 1.82) is 0 Å². The molecule has 7 heteroatoms. The lowest BCUT2D eigenvalue weighted by Crippen LogP contribution is -2.32. The maximum Gasteiger partial charge on any atom is 0.246 e. The van der Waals surface area contributed by atoms with Gasteiger partial charge in [-0.3, -0.25) is 19.2 Å². The zero-order valence-electron chi connectivity index (χ0n) is 7.83. The SMILES string of the molecule is CC(=O)NCCC(=O)NOCC(N)=O. The van der Waals surface area contributed by atoms with Crippen LogP contribution in [0, 0.1) is 0 Å². The van der Waals surface area contributed by atoms with Gasteiger partial charge < -0.3 is 11.1 Å². The number of primary amides is 1. The van der Waals surface area contributed by atoms with Gasteiger partial charge in [-0.15, -0.1) is 0 Å². The van der Waals surface area contributed by atoms with E-state index in [4.69, 9.17) is 5.73 Å². The fraction of sp³-hybridized carbons (Fsp3) is 0.571. The van der Waals surface area contributed by atoms with Crippen molar-refractivity contribution in [2.45, 2.75) is 13.3 Å². The lowest BCUT2D eigenvalue weighted by Gasteiger charge is -2.04. The maximum atomic E-state index is 10.9. The van der Waals surface area contributed by atoms with Gasteiger partial charge in [-0.1, -0.05) is 0 Å². The Hall–Kier alpha value is -1.63. The van der Waals surface area contributed by atoms with Gasteiger partial charge in [0.2, 0.25) is 17.7 Å². The van der Waals surface area contributed by atoms with Crippen LogP contribution in [0.2, 0.25) is 0 Å². The topological polar surface area (TPSA) is 111 Å². The molecule has 7 nitrogen and oxygen atoms in total. The van der Waals surface area contributed by atoms with E-state index >= 15 is 0 Å². The van der Waals surface area contributed by atoms with Crippen LogP contribution in [0.1, 0.15) is 13.3 Å². The molecule has 0 rings (SSSR count). The minimum Gasteiger partial charge on any atom is -0.368 e. The zero-order chi connectivity index (χ0) is 11.0. The number of rotatable bonds is 6. The minimum absolute atomic E-state index is 0.0817. The molecule has 0 heterocycles. The van der Waals surface area contributed by atoms with Crippen LogP contribution >= 0.6 is 0 Å². The van der Waals surface area contributed by atoms with E-state index in [-0.39, 0.29) is 25.5 Å². The second-order valence-corrected chi connectivity index (χ2v) is 2.51. The molecule has 0 aliphatic carbocycles. The number of amides is 3. The Kier molecular flexibility index (Phi) is 6.04. The summed E-state index contributed by atoms with van der Waals surface area (Å²) in [6.45, 7) is 1.20. The van der Waals surface area contributed by atoms with Gasteiger partial charge in [-0.25, -0.2) is 5.48 Å². The predicted octanol–water partition coefficient (Wildman–Crippen LogP) is -1.95. The summed E-state index contributed by atoms with van der Waals surface area (Å²) in [5, 5.41) is 2.43. The van der Waals surface area contributed by atoms with Crippen LogP contribution in [0.25, 0.3) is 0 Å². The lowest BCUT2D eigenvalue weighted by molar-refractivity contribution is -0.137. The number of nitrogens with one attached hydrogen (secondary N) is 2. The second kappa shape index (κ2) is 6.84. The average Bonchev–Trinajstić information content (AvgIpc) is 2.02. The predicted molar refractivity (Wildman–Crippen MR) is 46.6 cm³/mol. The van der Waals surface area contributed by atoms with Crippen molar-refractivity contribution in [2.75, 3.05) is 13.2 Å². The van der Waals surface area contributed by atoms with Crippen molar-refractivity contribution in [3.8, 4) is 0 Å². The third-order valence-corrected chi connectivity index (χ3v) is 1.13. The largest absolute Gasteiger partial charge is 0.368 e. The van der Waals surface area contributed by atoms with Crippen molar-refractivity contribution >= 4 is 17.7 Å². The van der Waals surface area contributed by atoms with E-state index < -0.39 is 11.8 Å². The molecule has 0 aromatic carbocycles. The molecule has 0 unspecified atom stereocenters. The fourth-order valence-corrected chi connectivity index (χ4v) is 0.591. The first-order chi connectivity index (χ1) is 6.52. The quantitative estimate of drug-likeness (QED) is 0.435. The highest BCUT2D eigenvalue weighted by Crippen LogP contribution is 1.78. The van der Waals surface area contributed by atoms with E-state index in [1.54, 1.807) is 0 Å². The number of hydroxylamine groups is 1. The molecule has 4 N–H and O–H groups in total. The fourth-order valence-electron chi connectivity index (χ4n) is 0.591. The molecule has 3 amide bonds. The first-order valence-electron chi connectivity index (χ1n) is 3.95. The van der Waals surface area contributed by atoms with Gasteiger partial charge in [0.1, 0.15) is 0 Å². The molecule has 0 aliphatic heterocycles. The molecule has 0 aromatic heterocycles. The number of nitrogens with two attached hydrogens (primary N) is 1. The molecule has 0 bridgehead atoms. The molecule has 0 aliphatic rings. The Morgan fingerprint density at radius 1 is 1.36 bits per heavy atom. The van der Waals surface area contributed by atoms with Gasteiger partial charge in [-0.2, -0.15) is 0 Å². The van der Waals surface area contributed by atoms with Gasteiger partial charge in [0.25, 0.3) is 0 Å². The minimum atomic E-state index is -0.674. The second-order valence-electron chi connectivity index (χ2n) is 2.51. The number of carbonyl (C=O) groups is 3. The maximum absolute atomic E-state index is 10.9. The smallest absolute Gasteiger partial charge is 0.246 e. The lowest BCUT2D eigenvalue weighted by atomic mass is 10.4. The molecule has 0 radical (unpaired) electrons. The van der Waals surface area contributed by atoms with E-state index in [0.717, 1.165) is 0 Å². The summed E-state index contributed by atoms with van der Waals surface area (Å²) in [6.07, 6.45) is 0.0817. The van der Waals surface area contributed by atoms with Crippen LogP contribution in [0.15, 0.2) is 0 Å². The van der Waals surface area contributed by atoms with Crippen molar-refractivity contribution in [3.63, 3.8) is 0 Å². The molecule has 0 aromatic rings. The molecule has 0 fully saturated rings. The molecule has 0 saturated heterocycles. The van der Waals surface area contributed by atoms with E-state index in [9.17, 15) is 14.4 Å². The Morgan fingerprint density at radius 3 is 2.50 bits per heavy atom. The van der Waals surface area contributed by atoms with Gasteiger partial charge in [0, 0.05) is 19.9 Å². The van der Waals surface area contributed by atoms with Gasteiger partial charge in [-0.05, 0) is 0 Å². The zero-order valence-corrected chi connectivity index (χ0v) is 7.83. The third kappa shape index (κ3) is 8.47. The molecule has 0 saturated carbocycles. The van der Waals surface area contributed by atoms with Crippen LogP contribution in [0.5, 0.6) is 0 Å². The van der Waals surface area contributed by atoms with E-state index in [1.165, 1.54) is 6.92 Å². The molecule has 80 valence electrons. The van der Waals surface area contributed by atoms with Crippen molar-refractivity contribution in [2.24, 2.45) is 5.73 Å². The molecule has 14 heavy (non-hydrogen) atoms. The summed E-state index contributed by atoms with van der Waals surface area (Å²) in [6, 6.07) is 0. The summed E-state index contributed by atoms with van der Waals surface area (Å²) in [4.78, 5) is 35.9. The van der Waals surface area contributed by atoms with Crippen molar-refractivity contribution < 1.29 is 19.2 Å². The first-order valence-corrected chi connectivity index (χ1v) is 3.95. The highest BCUT2D eigenvalue weighted by Gasteiger charge is 2.02. The monoisotopic (exact) mass is 203 g/mol. The third-order valence-electron chi connectivity index (χ3n) is 1.13. The highest BCUT2D eigenvalue weighted by molar-refractivity contribution is 5.78. The van der Waals surface area contributed by atoms with E-state index in [2.05, 4.69) is 10.2 Å². The summed E-state index contributed by atoms with van der Waals surface area (Å²) in [5.41, 5.74) is 6.74. The van der Waals surface area contributed by atoms with Gasteiger partial charge in [0.15, 0.2) is 6.61 Å². The Labute approximate surface area is 80.9 Å². The molecule has 0 atom stereocenters. The Balaban J connectivity index is 3.37. The van der Waals surface area contributed by atoms with Crippen LogP contribution < -0.4 is 16.5 Å². The van der Waals surface area contributed by atoms with Crippen LogP contribution in [-0.2, 0) is 19.2 Å². The molecule has 0 spiro atoms. The summed E-state index contributed by atoms with van der Waals surface area (Å²) in [7, 11) is 0. The average molecular weight is 203 g/mol. The van der Waals surface area contributed by atoms with E-state index in [0.29, 0.717) is 0 Å². The number of hydrogen-bond donors (Lipinski definition) is 3. The van der Waals surface area contributed by atoms with Gasteiger partial charge in [0.05, 0.1) is 0 Å². The van der Waals surface area contributed by atoms with Crippen molar-refractivity contribution in [3.05, 3.63) is 0 Å². The number of hydrogen-bond acceptors (Lipinski definition) is 4. The normalized spacial score (nSPS) is 9.21. The van der Waals surface area contributed by atoms with Crippen LogP contribution in [-0.4, -0.2) is 30.9 Å². The van der Waals surface area contributed by atoms with Crippen LogP contribution in [0.4, 0.5) is 0 Å². The summed E-state index contributed by atoms with van der Waals surface area (Å²) >= 11 is 0. The van der Waals surface area contributed by atoms with E-state index in [1.807, 2.05) is 5.48 Å².